The molecule has 3 heteroatoms. The van der Waals surface area contributed by atoms with Gasteiger partial charge in [0.25, 0.3) is 0 Å². The molecule has 2 aromatic carbocycles. The van der Waals surface area contributed by atoms with Gasteiger partial charge in [0.15, 0.2) is 0 Å². The maximum atomic E-state index is 4.79. The molecule has 0 spiro atoms. The minimum atomic E-state index is 0.852. The zero-order valence-corrected chi connectivity index (χ0v) is 17.0. The van der Waals surface area contributed by atoms with Crippen molar-refractivity contribution in [3.63, 3.8) is 0 Å². The average molecular weight is 384 g/mol. The van der Waals surface area contributed by atoms with Gasteiger partial charge in [-0.1, -0.05) is 79.7 Å². The molecule has 0 bridgehead atoms. The second kappa shape index (κ2) is 9.42. The smallest absolute Gasteiger partial charge is 0.147 e. The maximum absolute atomic E-state index is 4.79. The average Bonchev–Trinajstić information content (AvgIpc) is 2.78. The number of nitrogens with zero attached hydrogens (tertiary/aromatic N) is 1. The Bertz CT molecular complexity index is 951. The van der Waals surface area contributed by atoms with Crippen LogP contribution in [0.5, 0.6) is 0 Å². The molecule has 29 heavy (non-hydrogen) atoms. The van der Waals surface area contributed by atoms with Crippen LogP contribution in [0.4, 0.5) is 0 Å². The predicted molar refractivity (Wildman–Crippen MR) is 123 cm³/mol. The zero-order valence-electron chi connectivity index (χ0n) is 17.0. The number of amidine groups is 1. The van der Waals surface area contributed by atoms with E-state index in [9.17, 15) is 0 Å². The van der Waals surface area contributed by atoms with Gasteiger partial charge >= 0.3 is 0 Å². The van der Waals surface area contributed by atoms with E-state index in [1.807, 2.05) is 0 Å². The Morgan fingerprint density at radius 1 is 0.897 bits per heavy atom. The monoisotopic (exact) mass is 383 g/mol. The molecule has 0 saturated heterocycles. The number of aryl methyl sites for hydroxylation is 1. The van der Waals surface area contributed by atoms with Crippen LogP contribution >= 0.6 is 0 Å². The van der Waals surface area contributed by atoms with Crippen molar-refractivity contribution in [2.75, 3.05) is 6.54 Å². The first-order valence-electron chi connectivity index (χ1n) is 10.6. The van der Waals surface area contributed by atoms with E-state index in [0.29, 0.717) is 0 Å². The summed E-state index contributed by atoms with van der Waals surface area (Å²) in [6.07, 6.45) is 11.1. The highest BCUT2D eigenvalue weighted by atomic mass is 15.4. The quantitative estimate of drug-likeness (QED) is 0.599. The molecule has 1 heterocycles. The van der Waals surface area contributed by atoms with E-state index in [4.69, 9.17) is 4.99 Å². The normalized spacial score (nSPS) is 17.1. The number of rotatable bonds is 7. The molecule has 2 N–H and O–H groups in total. The molecule has 0 atom stereocenters. The summed E-state index contributed by atoms with van der Waals surface area (Å²) in [7, 11) is 0. The SMILES string of the molecule is C=C1NNC(=NCCCCCc2cccc(-c3ccccc3)c2)C2=C1CCC=C2. The molecular weight excluding hydrogens is 354 g/mol. The van der Waals surface area contributed by atoms with Gasteiger partial charge in [-0.25, -0.2) is 0 Å². The van der Waals surface area contributed by atoms with Crippen LogP contribution in [0.2, 0.25) is 0 Å². The van der Waals surface area contributed by atoms with E-state index in [2.05, 4.69) is 84.2 Å². The lowest BCUT2D eigenvalue weighted by molar-refractivity contribution is 0.679. The van der Waals surface area contributed by atoms with E-state index >= 15 is 0 Å². The van der Waals surface area contributed by atoms with Crippen LogP contribution in [0.25, 0.3) is 11.1 Å². The molecule has 0 radical (unpaired) electrons. The molecule has 3 nitrogen and oxygen atoms in total. The molecular formula is C26H29N3. The topological polar surface area (TPSA) is 36.4 Å². The number of hydrogen-bond acceptors (Lipinski definition) is 2. The number of allylic oxidation sites excluding steroid dienone is 2. The number of hydrazine groups is 1. The van der Waals surface area contributed by atoms with Crippen molar-refractivity contribution < 1.29 is 0 Å². The maximum Gasteiger partial charge on any atom is 0.147 e. The van der Waals surface area contributed by atoms with E-state index in [0.717, 1.165) is 43.8 Å². The number of aliphatic imine (C=N–C) groups is 1. The molecule has 0 fully saturated rings. The highest BCUT2D eigenvalue weighted by Crippen LogP contribution is 2.26. The van der Waals surface area contributed by atoms with Crippen molar-refractivity contribution >= 4 is 5.84 Å². The van der Waals surface area contributed by atoms with Crippen molar-refractivity contribution in [1.29, 1.82) is 0 Å². The first kappa shape index (κ1) is 19.3. The minimum Gasteiger partial charge on any atom is -0.300 e. The lowest BCUT2D eigenvalue weighted by Crippen LogP contribution is -2.43. The lowest BCUT2D eigenvalue weighted by Gasteiger charge is -2.27. The summed E-state index contributed by atoms with van der Waals surface area (Å²) in [5, 5.41) is 0. The molecule has 1 aliphatic heterocycles. The van der Waals surface area contributed by atoms with Gasteiger partial charge in [0.1, 0.15) is 5.84 Å². The van der Waals surface area contributed by atoms with Gasteiger partial charge in [-0.05, 0) is 54.4 Å². The number of unbranched alkanes of at least 4 members (excludes halogenated alkanes) is 2. The first-order chi connectivity index (χ1) is 14.3. The van der Waals surface area contributed by atoms with Crippen LogP contribution in [-0.2, 0) is 6.42 Å². The van der Waals surface area contributed by atoms with Gasteiger partial charge in [-0.15, -0.1) is 0 Å². The number of benzene rings is 2. The summed E-state index contributed by atoms with van der Waals surface area (Å²) in [6, 6.07) is 19.5. The fourth-order valence-electron chi connectivity index (χ4n) is 3.95. The van der Waals surface area contributed by atoms with Crippen LogP contribution in [0.3, 0.4) is 0 Å². The lowest BCUT2D eigenvalue weighted by atomic mass is 9.93. The van der Waals surface area contributed by atoms with E-state index < -0.39 is 0 Å². The van der Waals surface area contributed by atoms with Gasteiger partial charge < -0.3 is 0 Å². The van der Waals surface area contributed by atoms with Gasteiger partial charge in [0, 0.05) is 12.1 Å². The molecule has 4 rings (SSSR count). The second-order valence-electron chi connectivity index (χ2n) is 7.67. The third-order valence-corrected chi connectivity index (χ3v) is 5.55. The van der Waals surface area contributed by atoms with Crippen LogP contribution in [0.1, 0.15) is 37.7 Å². The predicted octanol–water partition coefficient (Wildman–Crippen LogP) is 5.73. The summed E-state index contributed by atoms with van der Waals surface area (Å²) in [5.41, 5.74) is 13.8. The fraction of sp³-hybridized carbons (Fsp3) is 0.269. The second-order valence-corrected chi connectivity index (χ2v) is 7.67. The Morgan fingerprint density at radius 3 is 2.66 bits per heavy atom. The summed E-state index contributed by atoms with van der Waals surface area (Å²) >= 11 is 0. The third kappa shape index (κ3) is 4.86. The third-order valence-electron chi connectivity index (χ3n) is 5.55. The summed E-state index contributed by atoms with van der Waals surface area (Å²) < 4.78 is 0. The highest BCUT2D eigenvalue weighted by Gasteiger charge is 2.20. The summed E-state index contributed by atoms with van der Waals surface area (Å²) in [4.78, 5) is 4.79. The van der Waals surface area contributed by atoms with Crippen molar-refractivity contribution in [1.82, 2.24) is 10.9 Å². The zero-order chi connectivity index (χ0) is 19.9. The first-order valence-corrected chi connectivity index (χ1v) is 10.6. The Kier molecular flexibility index (Phi) is 6.25. The number of hydrogen-bond donors (Lipinski definition) is 2. The van der Waals surface area contributed by atoms with Crippen molar-refractivity contribution in [3.8, 4) is 11.1 Å². The van der Waals surface area contributed by atoms with Crippen LogP contribution in [-0.4, -0.2) is 12.4 Å². The Balaban J connectivity index is 1.26. The van der Waals surface area contributed by atoms with E-state index in [-0.39, 0.29) is 0 Å². The van der Waals surface area contributed by atoms with Crippen LogP contribution in [0.15, 0.2) is 95.2 Å². The van der Waals surface area contributed by atoms with Crippen molar-refractivity contribution in [3.05, 3.63) is 95.7 Å². The van der Waals surface area contributed by atoms with Crippen molar-refractivity contribution in [2.45, 2.75) is 38.5 Å². The highest BCUT2D eigenvalue weighted by molar-refractivity contribution is 6.03. The van der Waals surface area contributed by atoms with Crippen LogP contribution < -0.4 is 10.9 Å². The Morgan fingerprint density at radius 2 is 1.76 bits per heavy atom. The standard InChI is InChI=1S/C26H29N3/c1-20-24-16-7-8-17-25(24)26(29-28-20)27-18-9-3-4-11-21-12-10-15-23(19-21)22-13-5-2-6-14-22/h2,5-6,8,10,12-15,17,19,28H,1,3-4,7,9,11,16,18H2,(H,27,29). The summed E-state index contributed by atoms with van der Waals surface area (Å²) in [6.45, 7) is 4.94. The number of nitrogens with one attached hydrogen (secondary N) is 2. The molecule has 0 amide bonds. The van der Waals surface area contributed by atoms with E-state index in [1.54, 1.807) is 0 Å². The van der Waals surface area contributed by atoms with Crippen LogP contribution in [0, 0.1) is 0 Å². The molecule has 0 aromatic heterocycles. The van der Waals surface area contributed by atoms with Gasteiger partial charge in [-0.2, -0.15) is 0 Å². The molecule has 0 saturated carbocycles. The molecule has 2 aliphatic rings. The fourth-order valence-corrected chi connectivity index (χ4v) is 3.95. The molecule has 0 unspecified atom stereocenters. The molecule has 1 aliphatic carbocycles. The largest absolute Gasteiger partial charge is 0.300 e. The Hall–Kier alpha value is -3.07. The molecule has 148 valence electrons. The Labute approximate surface area is 173 Å². The van der Waals surface area contributed by atoms with Gasteiger partial charge in [0.2, 0.25) is 0 Å². The summed E-state index contributed by atoms with van der Waals surface area (Å²) in [5.74, 6) is 0.957. The molecule has 2 aromatic rings. The van der Waals surface area contributed by atoms with Gasteiger partial charge in [-0.3, -0.25) is 15.8 Å². The minimum absolute atomic E-state index is 0.852. The van der Waals surface area contributed by atoms with Gasteiger partial charge in [0.05, 0.1) is 5.70 Å². The van der Waals surface area contributed by atoms with E-state index in [1.165, 1.54) is 40.7 Å². The van der Waals surface area contributed by atoms with Crippen molar-refractivity contribution in [2.24, 2.45) is 4.99 Å².